The first kappa shape index (κ1) is 22.9. The van der Waals surface area contributed by atoms with Crippen molar-refractivity contribution in [1.82, 2.24) is 19.3 Å². The molecule has 0 aliphatic rings. The van der Waals surface area contributed by atoms with Gasteiger partial charge in [0.15, 0.2) is 0 Å². The van der Waals surface area contributed by atoms with Gasteiger partial charge in [-0.1, -0.05) is 6.07 Å². The average Bonchev–Trinajstić information content (AvgIpc) is 3.27. The molecule has 1 amide bonds. The van der Waals surface area contributed by atoms with Crippen molar-refractivity contribution < 1.29 is 13.9 Å². The minimum absolute atomic E-state index is 0.0262. The van der Waals surface area contributed by atoms with Crippen molar-refractivity contribution in [2.75, 3.05) is 7.11 Å². The number of nitrogens with zero attached hydrogens (tertiary/aromatic N) is 3. The first-order valence-corrected chi connectivity index (χ1v) is 11.4. The number of hydrogen-bond donors (Lipinski definition) is 1. The van der Waals surface area contributed by atoms with Crippen molar-refractivity contribution in [2.24, 2.45) is 0 Å². The lowest BCUT2D eigenvalue weighted by molar-refractivity contribution is 0.0954. The summed E-state index contributed by atoms with van der Waals surface area (Å²) >= 11 is 4.18. The minimum atomic E-state index is -0.574. The Morgan fingerprint density at radius 3 is 2.76 bits per heavy atom. The largest absolute Gasteiger partial charge is 0.481 e. The molecule has 4 rings (SSSR count). The van der Waals surface area contributed by atoms with E-state index in [9.17, 15) is 18.8 Å². The fourth-order valence-electron chi connectivity index (χ4n) is 3.27. The van der Waals surface area contributed by atoms with E-state index >= 15 is 0 Å². The SMILES string of the molecule is COc1cc(CNC(=O)c2cn3c(=O)n(Cc4ccc(F)c(Br)c4)c(=O)c(C)c3s2)ccn1. The van der Waals surface area contributed by atoms with E-state index in [1.54, 1.807) is 25.3 Å². The number of carbonyl (C=O) groups is 1. The number of methoxy groups -OCH3 is 1. The Labute approximate surface area is 199 Å². The standard InChI is InChI=1S/C22H18BrFN4O4S/c1-12-20(30)27(10-14-3-4-16(24)15(23)7-14)22(31)28-11-17(33-21(12)28)19(29)26-9-13-5-6-25-18(8-13)32-2/h3-8,11H,9-10H2,1-2H3,(H,26,29). The predicted molar refractivity (Wildman–Crippen MR) is 126 cm³/mol. The molecule has 0 unspecified atom stereocenters. The second kappa shape index (κ2) is 9.28. The molecule has 0 saturated heterocycles. The maximum absolute atomic E-state index is 13.5. The highest BCUT2D eigenvalue weighted by Crippen LogP contribution is 2.20. The summed E-state index contributed by atoms with van der Waals surface area (Å²) in [5.41, 5.74) is 0.699. The average molecular weight is 533 g/mol. The first-order valence-electron chi connectivity index (χ1n) is 9.75. The van der Waals surface area contributed by atoms with Gasteiger partial charge in [-0.3, -0.25) is 18.6 Å². The van der Waals surface area contributed by atoms with Crippen molar-refractivity contribution in [1.29, 1.82) is 0 Å². The summed E-state index contributed by atoms with van der Waals surface area (Å²) in [6, 6.07) is 7.75. The molecule has 0 saturated carbocycles. The van der Waals surface area contributed by atoms with E-state index < -0.39 is 17.1 Å². The molecule has 0 aliphatic carbocycles. The highest BCUT2D eigenvalue weighted by molar-refractivity contribution is 9.10. The molecule has 170 valence electrons. The number of amides is 1. The third kappa shape index (κ3) is 4.60. The van der Waals surface area contributed by atoms with Gasteiger partial charge in [0.2, 0.25) is 5.88 Å². The molecular formula is C22H18BrFN4O4S. The molecule has 1 aromatic carbocycles. The molecule has 3 heterocycles. The zero-order chi connectivity index (χ0) is 23.7. The van der Waals surface area contributed by atoms with Crippen LogP contribution >= 0.6 is 27.3 Å². The number of ether oxygens (including phenoxy) is 1. The van der Waals surface area contributed by atoms with E-state index in [1.165, 1.54) is 35.9 Å². The maximum Gasteiger partial charge on any atom is 0.336 e. The molecule has 3 aromatic heterocycles. The number of benzene rings is 1. The molecule has 0 spiro atoms. The monoisotopic (exact) mass is 532 g/mol. The van der Waals surface area contributed by atoms with Crippen LogP contribution in [0, 0.1) is 12.7 Å². The summed E-state index contributed by atoms with van der Waals surface area (Å²) in [6.45, 7) is 1.82. The van der Waals surface area contributed by atoms with Crippen LogP contribution in [-0.2, 0) is 13.1 Å². The Morgan fingerprint density at radius 2 is 2.03 bits per heavy atom. The Balaban J connectivity index is 1.64. The van der Waals surface area contributed by atoms with Gasteiger partial charge in [-0.15, -0.1) is 11.3 Å². The normalized spacial score (nSPS) is 11.0. The van der Waals surface area contributed by atoms with Gasteiger partial charge in [-0.05, 0) is 52.2 Å². The van der Waals surface area contributed by atoms with E-state index in [-0.39, 0.29) is 28.3 Å². The molecule has 0 atom stereocenters. The van der Waals surface area contributed by atoms with Crippen LogP contribution in [0.25, 0.3) is 4.83 Å². The Hall–Kier alpha value is -3.31. The van der Waals surface area contributed by atoms with Crippen LogP contribution in [0.15, 0.2) is 56.8 Å². The van der Waals surface area contributed by atoms with Gasteiger partial charge in [0.25, 0.3) is 11.5 Å². The van der Waals surface area contributed by atoms with Crippen LogP contribution in [0.5, 0.6) is 5.88 Å². The number of rotatable bonds is 6. The van der Waals surface area contributed by atoms with Crippen LogP contribution in [0.1, 0.15) is 26.4 Å². The molecule has 0 aliphatic heterocycles. The predicted octanol–water partition coefficient (Wildman–Crippen LogP) is 3.11. The zero-order valence-electron chi connectivity index (χ0n) is 17.6. The van der Waals surface area contributed by atoms with Crippen LogP contribution in [-0.4, -0.2) is 27.0 Å². The van der Waals surface area contributed by atoms with Crippen molar-refractivity contribution in [2.45, 2.75) is 20.0 Å². The van der Waals surface area contributed by atoms with Gasteiger partial charge in [0.1, 0.15) is 15.5 Å². The Morgan fingerprint density at radius 1 is 1.24 bits per heavy atom. The van der Waals surface area contributed by atoms with E-state index in [4.69, 9.17) is 4.74 Å². The number of hydrogen-bond acceptors (Lipinski definition) is 6. The number of pyridine rings is 1. The number of carbonyl (C=O) groups excluding carboxylic acids is 1. The number of aryl methyl sites for hydroxylation is 1. The molecule has 8 nitrogen and oxygen atoms in total. The quantitative estimate of drug-likeness (QED) is 0.411. The second-order valence-corrected chi connectivity index (χ2v) is 9.09. The van der Waals surface area contributed by atoms with Gasteiger partial charge < -0.3 is 10.1 Å². The molecule has 11 heteroatoms. The van der Waals surface area contributed by atoms with Gasteiger partial charge in [-0.2, -0.15) is 0 Å². The van der Waals surface area contributed by atoms with Crippen LogP contribution in [0.4, 0.5) is 4.39 Å². The van der Waals surface area contributed by atoms with E-state index in [0.717, 1.165) is 21.5 Å². The molecule has 0 radical (unpaired) electrons. The van der Waals surface area contributed by atoms with Crippen molar-refractivity contribution in [3.8, 4) is 5.88 Å². The van der Waals surface area contributed by atoms with Crippen molar-refractivity contribution in [3.63, 3.8) is 0 Å². The third-order valence-electron chi connectivity index (χ3n) is 5.01. The van der Waals surface area contributed by atoms with Crippen LogP contribution in [0.2, 0.25) is 0 Å². The molecule has 0 bridgehead atoms. The second-order valence-electron chi connectivity index (χ2n) is 7.21. The van der Waals surface area contributed by atoms with Gasteiger partial charge in [0, 0.05) is 30.6 Å². The summed E-state index contributed by atoms with van der Waals surface area (Å²) in [5.74, 6) is -0.376. The maximum atomic E-state index is 13.5. The summed E-state index contributed by atoms with van der Waals surface area (Å²) in [6.07, 6.45) is 3.01. The molecule has 0 fully saturated rings. The summed E-state index contributed by atoms with van der Waals surface area (Å²) in [7, 11) is 1.51. The summed E-state index contributed by atoms with van der Waals surface area (Å²) in [5, 5.41) is 2.79. The fourth-order valence-corrected chi connectivity index (χ4v) is 4.70. The van der Waals surface area contributed by atoms with E-state index in [2.05, 4.69) is 26.2 Å². The van der Waals surface area contributed by atoms with Crippen molar-refractivity contribution in [3.05, 3.63) is 95.4 Å². The smallest absolute Gasteiger partial charge is 0.336 e. The van der Waals surface area contributed by atoms with E-state index in [0.29, 0.717) is 21.8 Å². The van der Waals surface area contributed by atoms with Gasteiger partial charge >= 0.3 is 5.69 Å². The number of aromatic nitrogens is 3. The van der Waals surface area contributed by atoms with Gasteiger partial charge in [-0.25, -0.2) is 14.2 Å². The Bertz CT molecular complexity index is 1490. The highest BCUT2D eigenvalue weighted by Gasteiger charge is 2.18. The lowest BCUT2D eigenvalue weighted by Crippen LogP contribution is -2.38. The summed E-state index contributed by atoms with van der Waals surface area (Å²) < 4.78 is 21.2. The Kier molecular flexibility index (Phi) is 6.43. The minimum Gasteiger partial charge on any atom is -0.481 e. The van der Waals surface area contributed by atoms with Gasteiger partial charge in [0.05, 0.1) is 18.1 Å². The molecular weight excluding hydrogens is 515 g/mol. The highest BCUT2D eigenvalue weighted by atomic mass is 79.9. The molecule has 4 aromatic rings. The zero-order valence-corrected chi connectivity index (χ0v) is 20.0. The summed E-state index contributed by atoms with van der Waals surface area (Å²) in [4.78, 5) is 43.3. The fraction of sp³-hybridized carbons (Fsp3) is 0.182. The molecule has 33 heavy (non-hydrogen) atoms. The topological polar surface area (TPSA) is 94.7 Å². The van der Waals surface area contributed by atoms with Crippen LogP contribution < -0.4 is 21.3 Å². The third-order valence-corrected chi connectivity index (χ3v) is 6.82. The number of halogens is 2. The number of thiazole rings is 1. The lowest BCUT2D eigenvalue weighted by atomic mass is 10.2. The van der Waals surface area contributed by atoms with E-state index in [1.807, 2.05) is 0 Å². The van der Waals surface area contributed by atoms with Crippen LogP contribution in [0.3, 0.4) is 0 Å². The number of fused-ring (bicyclic) bond motifs is 1. The van der Waals surface area contributed by atoms with Crippen molar-refractivity contribution >= 4 is 38.0 Å². The number of nitrogens with one attached hydrogen (secondary N) is 1. The lowest BCUT2D eigenvalue weighted by Gasteiger charge is -2.08. The first-order chi connectivity index (χ1) is 15.8. The molecule has 1 N–H and O–H groups in total.